The summed E-state index contributed by atoms with van der Waals surface area (Å²) in [7, 11) is 0. The van der Waals surface area contributed by atoms with Crippen molar-refractivity contribution in [2.24, 2.45) is 0 Å². The number of hydrogen-bond donors (Lipinski definition) is 2. The first kappa shape index (κ1) is 19.8. The summed E-state index contributed by atoms with van der Waals surface area (Å²) < 4.78 is 0. The maximum atomic E-state index is 6.15. The molecule has 1 aromatic heterocycles. The van der Waals surface area contributed by atoms with Crippen LogP contribution in [0.1, 0.15) is 54.1 Å². The molecule has 4 nitrogen and oxygen atoms in total. The first-order valence-corrected chi connectivity index (χ1v) is 10.4. The second kappa shape index (κ2) is 9.86. The molecule has 0 unspecified atom stereocenters. The average Bonchev–Trinajstić information content (AvgIpc) is 2.68. The lowest BCUT2D eigenvalue weighted by molar-refractivity contribution is 0.233. The Balaban J connectivity index is 1.64. The molecule has 3 rings (SSSR count). The molecule has 2 aromatic rings. The summed E-state index contributed by atoms with van der Waals surface area (Å²) in [5.41, 5.74) is 12.4. The molecule has 4 heteroatoms. The fourth-order valence-electron chi connectivity index (χ4n) is 3.77. The molecule has 1 aliphatic heterocycles. The largest absolute Gasteiger partial charge is 0.383 e. The van der Waals surface area contributed by atoms with Crippen LogP contribution >= 0.6 is 0 Å². The highest BCUT2D eigenvalue weighted by molar-refractivity contribution is 5.45. The summed E-state index contributed by atoms with van der Waals surface area (Å²) >= 11 is 0. The van der Waals surface area contributed by atoms with Crippen molar-refractivity contribution in [2.75, 3.05) is 31.9 Å². The minimum atomic E-state index is 0.707. The molecule has 0 bridgehead atoms. The van der Waals surface area contributed by atoms with Crippen molar-refractivity contribution in [2.45, 2.75) is 52.5 Å². The molecule has 1 aliphatic rings. The van der Waals surface area contributed by atoms with E-state index in [-0.39, 0.29) is 0 Å². The lowest BCUT2D eigenvalue weighted by atomic mass is 9.99. The van der Waals surface area contributed by atoms with Crippen LogP contribution in [0.4, 0.5) is 5.82 Å². The number of nitrogens with two attached hydrogens (primary N) is 1. The number of aryl methyl sites for hydroxylation is 2. The van der Waals surface area contributed by atoms with Gasteiger partial charge in [0.2, 0.25) is 0 Å². The fourth-order valence-corrected chi connectivity index (χ4v) is 3.77. The van der Waals surface area contributed by atoms with E-state index in [1.165, 1.54) is 41.5 Å². The van der Waals surface area contributed by atoms with E-state index in [0.29, 0.717) is 5.82 Å². The van der Waals surface area contributed by atoms with Gasteiger partial charge in [-0.3, -0.25) is 4.90 Å². The predicted octanol–water partition coefficient (Wildman–Crippen LogP) is 3.70. The lowest BCUT2D eigenvalue weighted by Crippen LogP contribution is -2.42. The molecular weight excluding hydrogens is 332 g/mol. The van der Waals surface area contributed by atoms with E-state index in [1.807, 2.05) is 0 Å². The van der Waals surface area contributed by atoms with Gasteiger partial charge in [-0.2, -0.15) is 0 Å². The van der Waals surface area contributed by atoms with Crippen LogP contribution in [-0.2, 0) is 19.4 Å². The molecule has 0 amide bonds. The number of benzene rings is 1. The van der Waals surface area contributed by atoms with Gasteiger partial charge in [0.05, 0.1) is 0 Å². The summed E-state index contributed by atoms with van der Waals surface area (Å²) in [5.74, 6) is 0.707. The molecular formula is C23H34N4. The molecule has 1 fully saturated rings. The molecule has 1 aromatic carbocycles. The standard InChI is InChI=1S/C23H34N4/c1-3-4-5-6-21-16-22(18(2)26-23(21)24)15-19-7-9-20(10-8-19)17-27-13-11-25-12-14-27/h7-10,16,25H,3-6,11-15,17H2,1-2H3,(H2,24,26). The summed E-state index contributed by atoms with van der Waals surface area (Å²) in [6.07, 6.45) is 5.62. The van der Waals surface area contributed by atoms with Gasteiger partial charge in [-0.15, -0.1) is 0 Å². The van der Waals surface area contributed by atoms with Crippen LogP contribution < -0.4 is 11.1 Å². The van der Waals surface area contributed by atoms with Gasteiger partial charge in [0, 0.05) is 38.4 Å². The van der Waals surface area contributed by atoms with Gasteiger partial charge in [0.15, 0.2) is 0 Å². The topological polar surface area (TPSA) is 54.2 Å². The van der Waals surface area contributed by atoms with E-state index in [1.54, 1.807) is 0 Å². The van der Waals surface area contributed by atoms with Crippen LogP contribution in [0.5, 0.6) is 0 Å². The first-order valence-electron chi connectivity index (χ1n) is 10.4. The second-order valence-electron chi connectivity index (χ2n) is 7.75. The van der Waals surface area contributed by atoms with Crippen molar-refractivity contribution in [1.82, 2.24) is 15.2 Å². The number of nitrogens with one attached hydrogen (secondary N) is 1. The Kier molecular flexibility index (Phi) is 7.25. The SMILES string of the molecule is CCCCCc1cc(Cc2ccc(CN3CCNCC3)cc2)c(C)nc1N. The van der Waals surface area contributed by atoms with Gasteiger partial charge in [0.1, 0.15) is 5.82 Å². The maximum Gasteiger partial charge on any atom is 0.126 e. The minimum absolute atomic E-state index is 0.707. The Bertz CT molecular complexity index is 718. The van der Waals surface area contributed by atoms with Crippen LogP contribution in [0.3, 0.4) is 0 Å². The third-order valence-electron chi connectivity index (χ3n) is 5.51. The van der Waals surface area contributed by atoms with E-state index in [2.05, 4.69) is 59.4 Å². The zero-order chi connectivity index (χ0) is 19.1. The zero-order valence-corrected chi connectivity index (χ0v) is 16.9. The lowest BCUT2D eigenvalue weighted by Gasteiger charge is -2.27. The number of piperazine rings is 1. The molecule has 0 atom stereocenters. The van der Waals surface area contributed by atoms with E-state index in [9.17, 15) is 0 Å². The molecule has 0 spiro atoms. The zero-order valence-electron chi connectivity index (χ0n) is 16.9. The van der Waals surface area contributed by atoms with Crippen LogP contribution in [-0.4, -0.2) is 36.1 Å². The summed E-state index contributed by atoms with van der Waals surface area (Å²) in [4.78, 5) is 7.12. The van der Waals surface area contributed by atoms with Crippen LogP contribution in [0.25, 0.3) is 0 Å². The fraction of sp³-hybridized carbons (Fsp3) is 0.522. The number of unbranched alkanes of at least 4 members (excludes halogenated alkanes) is 2. The number of aromatic nitrogens is 1. The molecule has 27 heavy (non-hydrogen) atoms. The van der Waals surface area contributed by atoms with Crippen molar-refractivity contribution < 1.29 is 0 Å². The van der Waals surface area contributed by atoms with Crippen molar-refractivity contribution in [3.05, 3.63) is 58.3 Å². The Morgan fingerprint density at radius 1 is 1.04 bits per heavy atom. The van der Waals surface area contributed by atoms with Crippen molar-refractivity contribution in [3.8, 4) is 0 Å². The minimum Gasteiger partial charge on any atom is -0.383 e. The third-order valence-corrected chi connectivity index (χ3v) is 5.51. The van der Waals surface area contributed by atoms with Gasteiger partial charge in [-0.05, 0) is 48.4 Å². The van der Waals surface area contributed by atoms with Gasteiger partial charge in [-0.1, -0.05) is 50.1 Å². The number of anilines is 1. The quantitative estimate of drug-likeness (QED) is 0.700. The van der Waals surface area contributed by atoms with Crippen LogP contribution in [0, 0.1) is 6.92 Å². The predicted molar refractivity (Wildman–Crippen MR) is 114 cm³/mol. The van der Waals surface area contributed by atoms with E-state index >= 15 is 0 Å². The van der Waals surface area contributed by atoms with Crippen molar-refractivity contribution in [1.29, 1.82) is 0 Å². The smallest absolute Gasteiger partial charge is 0.126 e. The van der Waals surface area contributed by atoms with Crippen molar-refractivity contribution >= 4 is 5.82 Å². The van der Waals surface area contributed by atoms with Crippen LogP contribution in [0.2, 0.25) is 0 Å². The average molecular weight is 367 g/mol. The molecule has 0 radical (unpaired) electrons. The number of nitrogen functional groups attached to an aromatic ring is 1. The number of nitrogens with zero attached hydrogens (tertiary/aromatic N) is 2. The molecule has 0 aliphatic carbocycles. The number of hydrogen-bond acceptors (Lipinski definition) is 4. The Morgan fingerprint density at radius 2 is 1.74 bits per heavy atom. The monoisotopic (exact) mass is 366 g/mol. The highest BCUT2D eigenvalue weighted by Gasteiger charge is 2.11. The van der Waals surface area contributed by atoms with E-state index in [0.717, 1.165) is 51.3 Å². The number of pyridine rings is 1. The van der Waals surface area contributed by atoms with E-state index < -0.39 is 0 Å². The highest BCUT2D eigenvalue weighted by atomic mass is 15.2. The van der Waals surface area contributed by atoms with Gasteiger partial charge in [-0.25, -0.2) is 4.98 Å². The normalized spacial score (nSPS) is 15.2. The Labute approximate surface area is 164 Å². The highest BCUT2D eigenvalue weighted by Crippen LogP contribution is 2.21. The molecule has 3 N–H and O–H groups in total. The maximum absolute atomic E-state index is 6.15. The summed E-state index contributed by atoms with van der Waals surface area (Å²) in [6.45, 7) is 9.82. The van der Waals surface area contributed by atoms with Gasteiger partial charge < -0.3 is 11.1 Å². The van der Waals surface area contributed by atoms with Gasteiger partial charge >= 0.3 is 0 Å². The van der Waals surface area contributed by atoms with E-state index in [4.69, 9.17) is 5.73 Å². The Morgan fingerprint density at radius 3 is 2.44 bits per heavy atom. The second-order valence-corrected chi connectivity index (χ2v) is 7.75. The molecule has 146 valence electrons. The molecule has 0 saturated carbocycles. The first-order chi connectivity index (χ1) is 13.2. The summed E-state index contributed by atoms with van der Waals surface area (Å²) in [5, 5.41) is 3.41. The molecule has 1 saturated heterocycles. The van der Waals surface area contributed by atoms with Crippen LogP contribution in [0.15, 0.2) is 30.3 Å². The third kappa shape index (κ3) is 5.78. The summed E-state index contributed by atoms with van der Waals surface area (Å²) in [6, 6.07) is 11.4. The number of rotatable bonds is 8. The van der Waals surface area contributed by atoms with Gasteiger partial charge in [0.25, 0.3) is 0 Å². The van der Waals surface area contributed by atoms with Crippen molar-refractivity contribution in [3.63, 3.8) is 0 Å². The Hall–Kier alpha value is -1.91. The molecule has 2 heterocycles.